The Balaban J connectivity index is 3.05. The molecule has 2 nitrogen and oxygen atoms in total. The normalized spacial score (nSPS) is 13.9. The van der Waals surface area contributed by atoms with E-state index in [9.17, 15) is 9.18 Å². The molecule has 0 amide bonds. The summed E-state index contributed by atoms with van der Waals surface area (Å²) in [6.45, 7) is 2.94. The van der Waals surface area contributed by atoms with Crippen molar-refractivity contribution in [3.05, 3.63) is 34.1 Å². The second kappa shape index (κ2) is 4.75. The Kier molecular flexibility index (Phi) is 3.82. The first kappa shape index (κ1) is 12.9. The van der Waals surface area contributed by atoms with Crippen molar-refractivity contribution in [1.82, 2.24) is 0 Å². The van der Waals surface area contributed by atoms with Crippen molar-refractivity contribution in [2.45, 2.75) is 20.3 Å². The van der Waals surface area contributed by atoms with E-state index in [1.54, 1.807) is 13.0 Å². The molecule has 0 saturated carbocycles. The summed E-state index contributed by atoms with van der Waals surface area (Å²) in [6, 6.07) is 6.36. The molecule has 0 saturated heterocycles. The van der Waals surface area contributed by atoms with Gasteiger partial charge in [-0.05, 0) is 44.0 Å². The van der Waals surface area contributed by atoms with Gasteiger partial charge in [0.1, 0.15) is 17.0 Å². The number of nitrogens with zero attached hydrogens (tertiary/aromatic N) is 1. The number of rotatable bonds is 3. The maximum atomic E-state index is 13.1. The molecular weight excluding hydrogens is 273 g/mol. The lowest BCUT2D eigenvalue weighted by molar-refractivity contribution is -0.123. The Labute approximate surface area is 102 Å². The highest BCUT2D eigenvalue weighted by atomic mass is 79.9. The first-order valence-corrected chi connectivity index (χ1v) is 5.54. The third kappa shape index (κ3) is 2.89. The van der Waals surface area contributed by atoms with Crippen LogP contribution in [-0.2, 0) is 11.2 Å². The molecule has 0 aliphatic heterocycles. The van der Waals surface area contributed by atoms with Gasteiger partial charge in [0.25, 0.3) is 0 Å². The van der Waals surface area contributed by atoms with Crippen molar-refractivity contribution in [3.8, 4) is 6.07 Å². The van der Waals surface area contributed by atoms with Crippen LogP contribution in [0.5, 0.6) is 0 Å². The number of hydrogen-bond acceptors (Lipinski definition) is 2. The minimum atomic E-state index is -1.09. The van der Waals surface area contributed by atoms with Crippen molar-refractivity contribution in [2.75, 3.05) is 0 Å². The van der Waals surface area contributed by atoms with Gasteiger partial charge in [0, 0.05) is 4.47 Å². The second-order valence-electron chi connectivity index (χ2n) is 3.95. The average molecular weight is 284 g/mol. The van der Waals surface area contributed by atoms with Crippen LogP contribution in [-0.4, -0.2) is 5.78 Å². The lowest BCUT2D eigenvalue weighted by Crippen LogP contribution is -2.26. The number of Topliss-reactive ketones (excluding diaryl/α,β-unsaturated/α-hetero) is 1. The van der Waals surface area contributed by atoms with Crippen LogP contribution in [0.15, 0.2) is 22.7 Å². The van der Waals surface area contributed by atoms with Crippen LogP contribution in [0.3, 0.4) is 0 Å². The molecule has 0 fully saturated rings. The SMILES string of the molecule is CC(=O)C(C)(C#N)Cc1cc(F)cc(Br)c1. The van der Waals surface area contributed by atoms with E-state index in [1.165, 1.54) is 19.1 Å². The number of halogens is 2. The highest BCUT2D eigenvalue weighted by Gasteiger charge is 2.30. The van der Waals surface area contributed by atoms with Gasteiger partial charge in [-0.15, -0.1) is 0 Å². The largest absolute Gasteiger partial charge is 0.298 e. The molecule has 0 bridgehead atoms. The monoisotopic (exact) mass is 283 g/mol. The number of ketones is 1. The third-order valence-electron chi connectivity index (χ3n) is 2.50. The summed E-state index contributed by atoms with van der Waals surface area (Å²) in [5.41, 5.74) is -0.459. The molecule has 0 aliphatic carbocycles. The maximum absolute atomic E-state index is 13.1. The van der Waals surface area contributed by atoms with Crippen LogP contribution in [0, 0.1) is 22.6 Å². The van der Waals surface area contributed by atoms with E-state index in [4.69, 9.17) is 5.26 Å². The fourth-order valence-corrected chi connectivity index (χ4v) is 1.88. The molecule has 0 N–H and O–H groups in total. The topological polar surface area (TPSA) is 40.9 Å². The molecule has 0 aromatic heterocycles. The zero-order chi connectivity index (χ0) is 12.3. The van der Waals surface area contributed by atoms with Gasteiger partial charge >= 0.3 is 0 Å². The van der Waals surface area contributed by atoms with Gasteiger partial charge in [-0.1, -0.05) is 15.9 Å². The summed E-state index contributed by atoms with van der Waals surface area (Å²) in [7, 11) is 0. The minimum Gasteiger partial charge on any atom is -0.298 e. The zero-order valence-corrected chi connectivity index (χ0v) is 10.6. The van der Waals surface area contributed by atoms with E-state index < -0.39 is 5.41 Å². The molecule has 0 radical (unpaired) electrons. The van der Waals surface area contributed by atoms with Gasteiger partial charge in [-0.2, -0.15) is 5.26 Å². The van der Waals surface area contributed by atoms with Crippen LogP contribution in [0.4, 0.5) is 4.39 Å². The number of carbonyl (C=O) groups excluding carboxylic acids is 1. The Hall–Kier alpha value is -1.21. The molecule has 1 aromatic carbocycles. The van der Waals surface area contributed by atoms with E-state index in [0.29, 0.717) is 10.0 Å². The lowest BCUT2D eigenvalue weighted by atomic mass is 9.82. The molecule has 1 rings (SSSR count). The molecule has 0 heterocycles. The maximum Gasteiger partial charge on any atom is 0.150 e. The van der Waals surface area contributed by atoms with Crippen LogP contribution < -0.4 is 0 Å². The minimum absolute atomic E-state index is 0.213. The van der Waals surface area contributed by atoms with Crippen LogP contribution in [0.2, 0.25) is 0 Å². The zero-order valence-electron chi connectivity index (χ0n) is 9.05. The van der Waals surface area contributed by atoms with E-state index in [0.717, 1.165) is 0 Å². The van der Waals surface area contributed by atoms with E-state index >= 15 is 0 Å². The molecule has 1 unspecified atom stereocenters. The smallest absolute Gasteiger partial charge is 0.150 e. The van der Waals surface area contributed by atoms with Crippen molar-refractivity contribution in [2.24, 2.45) is 5.41 Å². The van der Waals surface area contributed by atoms with Gasteiger partial charge in [0.15, 0.2) is 0 Å². The number of nitriles is 1. The fraction of sp³-hybridized carbons (Fsp3) is 0.333. The van der Waals surface area contributed by atoms with Crippen molar-refractivity contribution < 1.29 is 9.18 Å². The summed E-state index contributed by atoms with van der Waals surface area (Å²) >= 11 is 3.17. The van der Waals surface area contributed by atoms with Crippen LogP contribution in [0.25, 0.3) is 0 Å². The summed E-state index contributed by atoms with van der Waals surface area (Å²) in [4.78, 5) is 11.3. The fourth-order valence-electron chi connectivity index (χ4n) is 1.36. The molecule has 1 aromatic rings. The van der Waals surface area contributed by atoms with E-state index in [1.807, 2.05) is 6.07 Å². The van der Waals surface area contributed by atoms with E-state index in [-0.39, 0.29) is 18.0 Å². The molecular formula is C12H11BrFNO. The quantitative estimate of drug-likeness (QED) is 0.854. The molecule has 84 valence electrons. The first-order valence-electron chi connectivity index (χ1n) is 4.74. The van der Waals surface area contributed by atoms with E-state index in [2.05, 4.69) is 15.9 Å². The molecule has 16 heavy (non-hydrogen) atoms. The summed E-state index contributed by atoms with van der Waals surface area (Å²) in [5, 5.41) is 8.98. The lowest BCUT2D eigenvalue weighted by Gasteiger charge is -2.17. The van der Waals surface area contributed by atoms with Gasteiger partial charge in [0.05, 0.1) is 6.07 Å². The van der Waals surface area contributed by atoms with Gasteiger partial charge < -0.3 is 0 Å². The molecule has 0 aliphatic rings. The summed E-state index contributed by atoms with van der Waals surface area (Å²) < 4.78 is 13.7. The predicted octanol–water partition coefficient (Wildman–Crippen LogP) is 3.25. The highest BCUT2D eigenvalue weighted by molar-refractivity contribution is 9.10. The van der Waals surface area contributed by atoms with Crippen molar-refractivity contribution in [1.29, 1.82) is 5.26 Å². The van der Waals surface area contributed by atoms with Crippen molar-refractivity contribution >= 4 is 21.7 Å². The number of benzene rings is 1. The second-order valence-corrected chi connectivity index (χ2v) is 4.87. The standard InChI is InChI=1S/C12H11BrFNO/c1-8(16)12(2,7-15)6-9-3-10(13)5-11(14)4-9/h3-5H,6H2,1-2H3. The van der Waals surface area contributed by atoms with Gasteiger partial charge in [-0.3, -0.25) is 4.79 Å². The first-order chi connectivity index (χ1) is 7.37. The Morgan fingerprint density at radius 1 is 1.56 bits per heavy atom. The predicted molar refractivity (Wildman–Crippen MR) is 62.2 cm³/mol. The molecule has 4 heteroatoms. The Morgan fingerprint density at radius 2 is 2.19 bits per heavy atom. The Bertz CT molecular complexity index is 446. The summed E-state index contributed by atoms with van der Waals surface area (Å²) in [5.74, 6) is -0.594. The highest BCUT2D eigenvalue weighted by Crippen LogP contribution is 2.25. The van der Waals surface area contributed by atoms with Crippen LogP contribution in [0.1, 0.15) is 19.4 Å². The average Bonchev–Trinajstić information content (AvgIpc) is 2.15. The van der Waals surface area contributed by atoms with Gasteiger partial charge in [0.2, 0.25) is 0 Å². The Morgan fingerprint density at radius 3 is 2.62 bits per heavy atom. The summed E-state index contributed by atoms with van der Waals surface area (Å²) in [6.07, 6.45) is 0.217. The van der Waals surface area contributed by atoms with Crippen molar-refractivity contribution in [3.63, 3.8) is 0 Å². The van der Waals surface area contributed by atoms with Gasteiger partial charge in [-0.25, -0.2) is 4.39 Å². The van der Waals surface area contributed by atoms with Crippen LogP contribution >= 0.6 is 15.9 Å². The molecule has 1 atom stereocenters. The number of carbonyl (C=O) groups is 1. The molecule has 0 spiro atoms. The number of hydrogen-bond donors (Lipinski definition) is 0. The third-order valence-corrected chi connectivity index (χ3v) is 2.96.